The Labute approximate surface area is 150 Å². The highest BCUT2D eigenvalue weighted by atomic mass is 16.7. The Hall–Kier alpha value is -1.00. The lowest BCUT2D eigenvalue weighted by Gasteiger charge is -2.53. The normalized spacial score (nSPS) is 42.7. The second-order valence-electron chi connectivity index (χ2n) is 8.63. The molecule has 3 aliphatic carbocycles. The molecule has 0 amide bonds. The minimum atomic E-state index is -0.447. The van der Waals surface area contributed by atoms with E-state index in [4.69, 9.17) is 9.47 Å². The van der Waals surface area contributed by atoms with Gasteiger partial charge in [0.05, 0.1) is 13.2 Å². The first-order valence-corrected chi connectivity index (χ1v) is 9.93. The summed E-state index contributed by atoms with van der Waals surface area (Å²) in [5.74, 6) is 1.08. The van der Waals surface area contributed by atoms with Crippen molar-refractivity contribution >= 4 is 11.6 Å². The molecule has 25 heavy (non-hydrogen) atoms. The molecule has 5 atom stereocenters. The van der Waals surface area contributed by atoms with Crippen LogP contribution in [-0.4, -0.2) is 30.6 Å². The van der Waals surface area contributed by atoms with Gasteiger partial charge in [-0.1, -0.05) is 25.5 Å². The Bertz CT molecular complexity index is 615. The number of hydrogen-bond donors (Lipinski definition) is 0. The summed E-state index contributed by atoms with van der Waals surface area (Å²) in [6.45, 7) is 7.31. The molecular weight excluding hydrogens is 316 g/mol. The van der Waals surface area contributed by atoms with Crippen molar-refractivity contribution in [2.75, 3.05) is 13.2 Å². The fourth-order valence-corrected chi connectivity index (χ4v) is 6.32. The maximum atomic E-state index is 13.2. The molecule has 4 nitrogen and oxygen atoms in total. The molecule has 1 saturated heterocycles. The molecule has 0 aromatic rings. The summed E-state index contributed by atoms with van der Waals surface area (Å²) in [4.78, 5) is 25.6. The first kappa shape index (κ1) is 17.4. The summed E-state index contributed by atoms with van der Waals surface area (Å²) in [6, 6.07) is 0. The van der Waals surface area contributed by atoms with Crippen LogP contribution in [-0.2, 0) is 19.1 Å². The molecular formula is C21H30O4. The molecule has 0 aromatic heterocycles. The Morgan fingerprint density at radius 1 is 1.28 bits per heavy atom. The van der Waals surface area contributed by atoms with Crippen molar-refractivity contribution in [2.45, 2.75) is 65.1 Å². The predicted octanol–water partition coefficient (Wildman–Crippen LogP) is 3.69. The predicted molar refractivity (Wildman–Crippen MR) is 93.8 cm³/mol. The zero-order valence-electron chi connectivity index (χ0n) is 15.7. The Morgan fingerprint density at radius 2 is 2.00 bits per heavy atom. The average molecular weight is 346 g/mol. The molecule has 4 rings (SSSR count). The lowest BCUT2D eigenvalue weighted by Crippen LogP contribution is -2.54. The smallest absolute Gasteiger partial charge is 0.172 e. The van der Waals surface area contributed by atoms with Crippen molar-refractivity contribution in [1.29, 1.82) is 0 Å². The van der Waals surface area contributed by atoms with Crippen LogP contribution in [0.15, 0.2) is 11.6 Å². The molecule has 0 N–H and O–H groups in total. The number of ketones is 2. The van der Waals surface area contributed by atoms with Gasteiger partial charge in [0, 0.05) is 30.6 Å². The van der Waals surface area contributed by atoms with E-state index in [9.17, 15) is 9.59 Å². The maximum Gasteiger partial charge on any atom is 0.172 e. The molecule has 1 aliphatic heterocycles. The van der Waals surface area contributed by atoms with E-state index in [2.05, 4.69) is 19.9 Å². The summed E-state index contributed by atoms with van der Waals surface area (Å²) >= 11 is 0. The first-order chi connectivity index (χ1) is 11.9. The molecule has 4 heteroatoms. The molecule has 1 spiro atoms. The Kier molecular flexibility index (Phi) is 4.19. The number of allylic oxidation sites excluding steroid dienone is 1. The molecule has 0 bridgehead atoms. The van der Waals surface area contributed by atoms with Gasteiger partial charge in [-0.15, -0.1) is 0 Å². The fourth-order valence-electron chi connectivity index (χ4n) is 6.32. The topological polar surface area (TPSA) is 52.6 Å². The van der Waals surface area contributed by atoms with E-state index in [1.54, 1.807) is 6.92 Å². The van der Waals surface area contributed by atoms with E-state index in [1.807, 2.05) is 0 Å². The summed E-state index contributed by atoms with van der Waals surface area (Å²) in [5.41, 5.74) is 0.915. The van der Waals surface area contributed by atoms with Crippen LogP contribution in [0.2, 0.25) is 0 Å². The highest BCUT2D eigenvalue weighted by molar-refractivity contribution is 5.93. The third-order valence-corrected chi connectivity index (χ3v) is 7.85. The number of ether oxygens (including phenoxy) is 2. The van der Waals surface area contributed by atoms with E-state index < -0.39 is 11.2 Å². The summed E-state index contributed by atoms with van der Waals surface area (Å²) in [7, 11) is 0. The van der Waals surface area contributed by atoms with E-state index >= 15 is 0 Å². The molecule has 4 aliphatic rings. The highest BCUT2D eigenvalue weighted by Gasteiger charge is 2.57. The van der Waals surface area contributed by atoms with E-state index in [0.29, 0.717) is 37.3 Å². The van der Waals surface area contributed by atoms with Crippen molar-refractivity contribution in [1.82, 2.24) is 0 Å². The van der Waals surface area contributed by atoms with Gasteiger partial charge < -0.3 is 9.47 Å². The quantitative estimate of drug-likeness (QED) is 0.716. The van der Waals surface area contributed by atoms with Gasteiger partial charge in [-0.3, -0.25) is 9.59 Å². The molecule has 0 aromatic carbocycles. The van der Waals surface area contributed by atoms with Crippen molar-refractivity contribution in [2.24, 2.45) is 29.1 Å². The second kappa shape index (κ2) is 6.02. The van der Waals surface area contributed by atoms with Crippen LogP contribution in [0.3, 0.4) is 0 Å². The van der Waals surface area contributed by atoms with Crippen LogP contribution in [0.1, 0.15) is 59.3 Å². The highest BCUT2D eigenvalue weighted by Crippen LogP contribution is 2.57. The van der Waals surface area contributed by atoms with Crippen LogP contribution in [0.5, 0.6) is 0 Å². The second-order valence-corrected chi connectivity index (χ2v) is 8.63. The lowest BCUT2D eigenvalue weighted by molar-refractivity contribution is -0.178. The van der Waals surface area contributed by atoms with E-state index in [0.717, 1.165) is 32.1 Å². The number of hydrogen-bond acceptors (Lipinski definition) is 4. The van der Waals surface area contributed by atoms with E-state index in [-0.39, 0.29) is 17.6 Å². The van der Waals surface area contributed by atoms with Gasteiger partial charge in [0.25, 0.3) is 0 Å². The average Bonchev–Trinajstić information content (AvgIpc) is 3.04. The van der Waals surface area contributed by atoms with Gasteiger partial charge >= 0.3 is 0 Å². The van der Waals surface area contributed by atoms with Crippen molar-refractivity contribution in [3.05, 3.63) is 11.6 Å². The van der Waals surface area contributed by atoms with Crippen molar-refractivity contribution in [3.8, 4) is 0 Å². The number of Topliss-reactive ketones (excluding diaryl/α,β-unsaturated/α-hetero) is 2. The Balaban J connectivity index is 1.63. The minimum Gasteiger partial charge on any atom is -0.347 e. The number of rotatable bonds is 2. The van der Waals surface area contributed by atoms with Crippen LogP contribution in [0.25, 0.3) is 0 Å². The molecule has 3 fully saturated rings. The van der Waals surface area contributed by atoms with Crippen molar-refractivity contribution in [3.63, 3.8) is 0 Å². The SMILES string of the molecule is CCC1(C(C)=O)CC(=O)C2C3CCC4(CC3=CCC2C1C)OCCO4. The number of fused-ring (bicyclic) bond motifs is 3. The van der Waals surface area contributed by atoms with Gasteiger partial charge in [0.15, 0.2) is 5.79 Å². The molecule has 5 unspecified atom stereocenters. The largest absolute Gasteiger partial charge is 0.347 e. The maximum absolute atomic E-state index is 13.2. The Morgan fingerprint density at radius 3 is 2.64 bits per heavy atom. The number of carbonyl (C=O) groups excluding carboxylic acids is 2. The molecule has 1 heterocycles. The fraction of sp³-hybridized carbons (Fsp3) is 0.810. The first-order valence-electron chi connectivity index (χ1n) is 9.93. The monoisotopic (exact) mass is 346 g/mol. The van der Waals surface area contributed by atoms with Gasteiger partial charge in [-0.05, 0) is 43.9 Å². The van der Waals surface area contributed by atoms with Crippen LogP contribution in [0, 0.1) is 29.1 Å². The molecule has 138 valence electrons. The summed E-state index contributed by atoms with van der Waals surface area (Å²) in [5, 5.41) is 0. The summed E-state index contributed by atoms with van der Waals surface area (Å²) in [6.07, 6.45) is 7.11. The van der Waals surface area contributed by atoms with Gasteiger partial charge in [-0.25, -0.2) is 0 Å². The zero-order chi connectivity index (χ0) is 17.8. The third-order valence-electron chi connectivity index (χ3n) is 7.85. The van der Waals surface area contributed by atoms with Crippen LogP contribution >= 0.6 is 0 Å². The van der Waals surface area contributed by atoms with Crippen LogP contribution < -0.4 is 0 Å². The van der Waals surface area contributed by atoms with Gasteiger partial charge in [0.2, 0.25) is 0 Å². The van der Waals surface area contributed by atoms with Crippen LogP contribution in [0.4, 0.5) is 0 Å². The number of carbonyl (C=O) groups is 2. The summed E-state index contributed by atoms with van der Waals surface area (Å²) < 4.78 is 11.8. The lowest BCUT2D eigenvalue weighted by atomic mass is 9.50. The standard InChI is InChI=1S/C21H30O4/c1-4-20(14(3)22)12-18(23)19-16(13(20)2)6-5-15-11-21(8-7-17(15)19)24-9-10-25-21/h5,13,16-17,19H,4,6-12H2,1-3H3. The van der Waals surface area contributed by atoms with Gasteiger partial charge in [0.1, 0.15) is 11.6 Å². The molecule has 2 saturated carbocycles. The van der Waals surface area contributed by atoms with E-state index in [1.165, 1.54) is 5.57 Å². The molecule has 0 radical (unpaired) electrons. The minimum absolute atomic E-state index is 0.0905. The van der Waals surface area contributed by atoms with Gasteiger partial charge in [-0.2, -0.15) is 0 Å². The zero-order valence-corrected chi connectivity index (χ0v) is 15.7. The van der Waals surface area contributed by atoms with Crippen molar-refractivity contribution < 1.29 is 19.1 Å². The third kappa shape index (κ3) is 2.48.